The summed E-state index contributed by atoms with van der Waals surface area (Å²) in [6.07, 6.45) is 0. The maximum Gasteiger partial charge on any atom is 0.241 e. The average molecular weight is 365 g/mol. The molecule has 1 aliphatic rings. The maximum atomic E-state index is 12.6. The van der Waals surface area contributed by atoms with Crippen molar-refractivity contribution in [2.75, 3.05) is 36.4 Å². The molecule has 27 heavy (non-hydrogen) atoms. The first-order valence-corrected chi connectivity index (χ1v) is 9.42. The molecule has 0 aromatic heterocycles. The minimum Gasteiger partial charge on any atom is -0.369 e. The molecule has 5 nitrogen and oxygen atoms in total. The van der Waals surface area contributed by atoms with Gasteiger partial charge in [-0.25, -0.2) is 0 Å². The van der Waals surface area contributed by atoms with Gasteiger partial charge in [-0.2, -0.15) is 0 Å². The molecule has 0 saturated carbocycles. The van der Waals surface area contributed by atoms with Crippen molar-refractivity contribution in [2.24, 2.45) is 0 Å². The van der Waals surface area contributed by atoms with Gasteiger partial charge in [0.15, 0.2) is 5.78 Å². The molecule has 3 rings (SSSR count). The van der Waals surface area contributed by atoms with Crippen LogP contribution in [0.1, 0.15) is 29.8 Å². The third kappa shape index (κ3) is 4.55. The van der Waals surface area contributed by atoms with Gasteiger partial charge in [0.2, 0.25) is 5.91 Å². The lowest BCUT2D eigenvalue weighted by Gasteiger charge is -2.39. The second kappa shape index (κ2) is 8.35. The summed E-state index contributed by atoms with van der Waals surface area (Å²) in [6, 6.07) is 15.3. The highest BCUT2D eigenvalue weighted by atomic mass is 16.2. The molecule has 2 aromatic carbocycles. The molecular formula is C22H27N3O2. The van der Waals surface area contributed by atoms with Crippen molar-refractivity contribution >= 4 is 23.1 Å². The first-order chi connectivity index (χ1) is 13.0. The monoisotopic (exact) mass is 365 g/mol. The first kappa shape index (κ1) is 19.1. The third-order valence-electron chi connectivity index (χ3n) is 5.23. The first-order valence-electron chi connectivity index (χ1n) is 9.42. The second-order valence-corrected chi connectivity index (χ2v) is 7.11. The Balaban J connectivity index is 1.58. The molecule has 0 unspecified atom stereocenters. The van der Waals surface area contributed by atoms with E-state index in [2.05, 4.69) is 46.3 Å². The number of carbonyl (C=O) groups excluding carboxylic acids is 2. The number of nitrogens with zero attached hydrogens (tertiary/aromatic N) is 2. The SMILES string of the molecule is CC(=O)c1cccc(NC(=O)[C@@H](C)N2CCN(c3ccccc3C)CC2)c1. The molecule has 0 spiro atoms. The third-order valence-corrected chi connectivity index (χ3v) is 5.23. The lowest BCUT2D eigenvalue weighted by Crippen LogP contribution is -2.53. The fourth-order valence-electron chi connectivity index (χ4n) is 3.50. The Bertz CT molecular complexity index is 826. The zero-order chi connectivity index (χ0) is 19.4. The van der Waals surface area contributed by atoms with Crippen LogP contribution < -0.4 is 10.2 Å². The maximum absolute atomic E-state index is 12.6. The molecule has 1 heterocycles. The molecule has 142 valence electrons. The molecule has 5 heteroatoms. The van der Waals surface area contributed by atoms with Crippen molar-refractivity contribution < 1.29 is 9.59 Å². The van der Waals surface area contributed by atoms with Crippen molar-refractivity contribution in [2.45, 2.75) is 26.8 Å². The molecule has 0 bridgehead atoms. The van der Waals surface area contributed by atoms with E-state index in [1.165, 1.54) is 18.2 Å². The Kier molecular flexibility index (Phi) is 5.91. The molecule has 0 aliphatic carbocycles. The number of ketones is 1. The molecule has 1 saturated heterocycles. The largest absolute Gasteiger partial charge is 0.369 e. The van der Waals surface area contributed by atoms with Crippen LogP contribution in [0.15, 0.2) is 48.5 Å². The van der Waals surface area contributed by atoms with E-state index in [4.69, 9.17) is 0 Å². The highest BCUT2D eigenvalue weighted by molar-refractivity contribution is 5.98. The number of amides is 1. The molecule has 1 aliphatic heterocycles. The van der Waals surface area contributed by atoms with Crippen LogP contribution in [-0.4, -0.2) is 48.8 Å². The van der Waals surface area contributed by atoms with Crippen LogP contribution in [0.4, 0.5) is 11.4 Å². The number of carbonyl (C=O) groups is 2. The number of para-hydroxylation sites is 1. The highest BCUT2D eigenvalue weighted by Crippen LogP contribution is 2.21. The standard InChI is InChI=1S/C22H27N3O2/c1-16-7-4-5-10-21(16)25-13-11-24(12-14-25)17(2)22(27)23-20-9-6-8-19(15-20)18(3)26/h4-10,15,17H,11-14H2,1-3H3,(H,23,27)/t17-/m1/s1. The van der Waals surface area contributed by atoms with Crippen molar-refractivity contribution in [1.29, 1.82) is 0 Å². The fraction of sp³-hybridized carbons (Fsp3) is 0.364. The Morgan fingerprint density at radius 3 is 2.37 bits per heavy atom. The Morgan fingerprint density at radius 1 is 1.00 bits per heavy atom. The van der Waals surface area contributed by atoms with E-state index < -0.39 is 0 Å². The van der Waals surface area contributed by atoms with Crippen LogP contribution >= 0.6 is 0 Å². The number of aryl methyl sites for hydroxylation is 1. The molecule has 1 amide bonds. The van der Waals surface area contributed by atoms with Gasteiger partial charge in [-0.3, -0.25) is 14.5 Å². The van der Waals surface area contributed by atoms with Crippen LogP contribution in [0.5, 0.6) is 0 Å². The number of Topliss-reactive ketones (excluding diaryl/α,β-unsaturated/α-hetero) is 1. The normalized spacial score (nSPS) is 16.0. The van der Waals surface area contributed by atoms with Gasteiger partial charge in [0.25, 0.3) is 0 Å². The van der Waals surface area contributed by atoms with E-state index in [-0.39, 0.29) is 17.7 Å². The van der Waals surface area contributed by atoms with Gasteiger partial charge >= 0.3 is 0 Å². The summed E-state index contributed by atoms with van der Waals surface area (Å²) in [7, 11) is 0. The van der Waals surface area contributed by atoms with E-state index in [1.807, 2.05) is 13.0 Å². The predicted molar refractivity (Wildman–Crippen MR) is 110 cm³/mol. The second-order valence-electron chi connectivity index (χ2n) is 7.11. The lowest BCUT2D eigenvalue weighted by atomic mass is 10.1. The van der Waals surface area contributed by atoms with Crippen LogP contribution in [0.25, 0.3) is 0 Å². The van der Waals surface area contributed by atoms with Crippen molar-refractivity contribution in [3.05, 3.63) is 59.7 Å². The minimum absolute atomic E-state index is 0.00789. The number of anilines is 2. The fourth-order valence-corrected chi connectivity index (χ4v) is 3.50. The predicted octanol–water partition coefficient (Wildman–Crippen LogP) is 3.35. The van der Waals surface area contributed by atoms with Gasteiger partial charge in [-0.05, 0) is 44.5 Å². The van der Waals surface area contributed by atoms with Crippen molar-refractivity contribution in [3.63, 3.8) is 0 Å². The highest BCUT2D eigenvalue weighted by Gasteiger charge is 2.26. The quantitative estimate of drug-likeness (QED) is 0.826. The molecule has 1 atom stereocenters. The van der Waals surface area contributed by atoms with Gasteiger partial charge in [0, 0.05) is 43.1 Å². The van der Waals surface area contributed by atoms with E-state index in [1.54, 1.807) is 18.2 Å². The average Bonchev–Trinajstić information content (AvgIpc) is 2.68. The zero-order valence-corrected chi connectivity index (χ0v) is 16.2. The summed E-state index contributed by atoms with van der Waals surface area (Å²) >= 11 is 0. The number of benzene rings is 2. The molecule has 1 fully saturated rings. The van der Waals surface area contributed by atoms with Crippen molar-refractivity contribution in [3.8, 4) is 0 Å². The number of nitrogens with one attached hydrogen (secondary N) is 1. The van der Waals surface area contributed by atoms with E-state index in [9.17, 15) is 9.59 Å². The van der Waals surface area contributed by atoms with Gasteiger partial charge in [0.05, 0.1) is 6.04 Å². The number of hydrogen-bond donors (Lipinski definition) is 1. The molecular weight excluding hydrogens is 338 g/mol. The summed E-state index contributed by atoms with van der Waals surface area (Å²) in [5, 5.41) is 2.94. The topological polar surface area (TPSA) is 52.7 Å². The summed E-state index contributed by atoms with van der Waals surface area (Å²) < 4.78 is 0. The summed E-state index contributed by atoms with van der Waals surface area (Å²) in [5.41, 5.74) is 3.82. The summed E-state index contributed by atoms with van der Waals surface area (Å²) in [5.74, 6) is -0.0495. The molecule has 1 N–H and O–H groups in total. The Morgan fingerprint density at radius 2 is 1.70 bits per heavy atom. The van der Waals surface area contributed by atoms with E-state index in [0.717, 1.165) is 26.2 Å². The zero-order valence-electron chi connectivity index (χ0n) is 16.2. The summed E-state index contributed by atoms with van der Waals surface area (Å²) in [4.78, 5) is 28.7. The van der Waals surface area contributed by atoms with Crippen LogP contribution in [-0.2, 0) is 4.79 Å². The van der Waals surface area contributed by atoms with Crippen LogP contribution in [0, 0.1) is 6.92 Å². The van der Waals surface area contributed by atoms with Crippen LogP contribution in [0.2, 0.25) is 0 Å². The number of piperazine rings is 1. The minimum atomic E-state index is -0.218. The van der Waals surface area contributed by atoms with Gasteiger partial charge in [-0.15, -0.1) is 0 Å². The van der Waals surface area contributed by atoms with Gasteiger partial charge < -0.3 is 10.2 Å². The molecule has 2 aromatic rings. The lowest BCUT2D eigenvalue weighted by molar-refractivity contribution is -0.120. The van der Waals surface area contributed by atoms with Gasteiger partial charge in [0.1, 0.15) is 0 Å². The Hall–Kier alpha value is -2.66. The van der Waals surface area contributed by atoms with Crippen LogP contribution in [0.3, 0.4) is 0 Å². The van der Waals surface area contributed by atoms with Crippen molar-refractivity contribution in [1.82, 2.24) is 4.90 Å². The van der Waals surface area contributed by atoms with E-state index >= 15 is 0 Å². The smallest absolute Gasteiger partial charge is 0.241 e. The molecule has 0 radical (unpaired) electrons. The number of hydrogen-bond acceptors (Lipinski definition) is 4. The van der Waals surface area contributed by atoms with E-state index in [0.29, 0.717) is 11.3 Å². The van der Waals surface area contributed by atoms with Gasteiger partial charge in [-0.1, -0.05) is 30.3 Å². The summed E-state index contributed by atoms with van der Waals surface area (Å²) in [6.45, 7) is 9.09. The Labute approximate surface area is 161 Å². The number of rotatable bonds is 5.